The summed E-state index contributed by atoms with van der Waals surface area (Å²) in [5, 5.41) is 4.66. The van der Waals surface area contributed by atoms with Gasteiger partial charge in [0.2, 0.25) is 10.0 Å². The van der Waals surface area contributed by atoms with Crippen molar-refractivity contribution in [3.63, 3.8) is 0 Å². The SMILES string of the molecule is CCN1CCN(c2cc(C(c3ccccc3)S(N)(=O)=O)ccn2)CC1. The molecule has 1 aliphatic rings. The van der Waals surface area contributed by atoms with E-state index in [1.165, 1.54) is 0 Å². The lowest BCUT2D eigenvalue weighted by atomic mass is 10.1. The van der Waals surface area contributed by atoms with Gasteiger partial charge in [-0.3, -0.25) is 0 Å². The van der Waals surface area contributed by atoms with Gasteiger partial charge in [0.15, 0.2) is 0 Å². The minimum absolute atomic E-state index is 0.650. The zero-order valence-electron chi connectivity index (χ0n) is 14.4. The Kier molecular flexibility index (Phi) is 5.36. The molecular formula is C18H24N4O2S. The number of nitrogens with zero attached hydrogens (tertiary/aromatic N) is 3. The normalized spacial score (nSPS) is 17.4. The molecule has 1 atom stereocenters. The van der Waals surface area contributed by atoms with Crippen LogP contribution in [0.2, 0.25) is 0 Å². The largest absolute Gasteiger partial charge is 0.354 e. The summed E-state index contributed by atoms with van der Waals surface area (Å²) >= 11 is 0. The molecule has 0 spiro atoms. The maximum atomic E-state index is 12.2. The zero-order valence-corrected chi connectivity index (χ0v) is 15.2. The van der Waals surface area contributed by atoms with Gasteiger partial charge in [-0.15, -0.1) is 0 Å². The highest BCUT2D eigenvalue weighted by molar-refractivity contribution is 7.89. The number of pyridine rings is 1. The Bertz CT molecular complexity index is 803. The zero-order chi connectivity index (χ0) is 17.9. The molecule has 1 saturated heterocycles. The van der Waals surface area contributed by atoms with Crippen LogP contribution in [0.25, 0.3) is 0 Å². The average Bonchev–Trinajstić information content (AvgIpc) is 2.62. The Morgan fingerprint density at radius 1 is 1.08 bits per heavy atom. The van der Waals surface area contributed by atoms with Gasteiger partial charge in [0, 0.05) is 32.4 Å². The molecule has 3 rings (SSSR count). The van der Waals surface area contributed by atoms with Crippen LogP contribution in [0.1, 0.15) is 23.3 Å². The number of sulfonamides is 1. The minimum Gasteiger partial charge on any atom is -0.354 e. The molecule has 134 valence electrons. The van der Waals surface area contributed by atoms with E-state index >= 15 is 0 Å². The maximum Gasteiger partial charge on any atom is 0.220 e. The third-order valence-corrected chi connectivity index (χ3v) is 5.85. The summed E-state index contributed by atoms with van der Waals surface area (Å²) in [5.41, 5.74) is 1.31. The number of likely N-dealkylation sites (N-methyl/N-ethyl adjacent to an activating group) is 1. The van der Waals surface area contributed by atoms with Crippen molar-refractivity contribution in [2.75, 3.05) is 37.6 Å². The van der Waals surface area contributed by atoms with Crippen molar-refractivity contribution in [2.45, 2.75) is 12.2 Å². The minimum atomic E-state index is -3.79. The summed E-state index contributed by atoms with van der Waals surface area (Å²) in [6, 6.07) is 12.6. The predicted octanol–water partition coefficient (Wildman–Crippen LogP) is 1.60. The Morgan fingerprint density at radius 2 is 1.76 bits per heavy atom. The Morgan fingerprint density at radius 3 is 2.36 bits per heavy atom. The fraction of sp³-hybridized carbons (Fsp3) is 0.389. The molecule has 1 fully saturated rings. The Labute approximate surface area is 149 Å². The molecule has 0 radical (unpaired) electrons. The van der Waals surface area contributed by atoms with E-state index in [1.54, 1.807) is 24.4 Å². The van der Waals surface area contributed by atoms with Crippen LogP contribution in [-0.2, 0) is 10.0 Å². The first-order valence-corrected chi connectivity index (χ1v) is 10.1. The second-order valence-corrected chi connectivity index (χ2v) is 7.90. The molecule has 2 heterocycles. The van der Waals surface area contributed by atoms with Crippen LogP contribution in [0, 0.1) is 0 Å². The van der Waals surface area contributed by atoms with Gasteiger partial charge in [-0.1, -0.05) is 37.3 Å². The molecule has 0 aliphatic carbocycles. The van der Waals surface area contributed by atoms with E-state index in [-0.39, 0.29) is 0 Å². The lowest BCUT2D eigenvalue weighted by Crippen LogP contribution is -2.46. The quantitative estimate of drug-likeness (QED) is 0.876. The third-order valence-electron chi connectivity index (χ3n) is 4.65. The van der Waals surface area contributed by atoms with Gasteiger partial charge in [-0.05, 0) is 29.8 Å². The first kappa shape index (κ1) is 17.8. The first-order valence-electron chi connectivity index (χ1n) is 8.49. The van der Waals surface area contributed by atoms with Gasteiger partial charge in [0.05, 0.1) is 0 Å². The monoisotopic (exact) mass is 360 g/mol. The van der Waals surface area contributed by atoms with E-state index in [1.807, 2.05) is 24.3 Å². The number of hydrogen-bond acceptors (Lipinski definition) is 5. The molecule has 0 saturated carbocycles. The van der Waals surface area contributed by atoms with Gasteiger partial charge in [0.1, 0.15) is 11.1 Å². The van der Waals surface area contributed by atoms with Crippen LogP contribution >= 0.6 is 0 Å². The molecule has 7 heteroatoms. The highest BCUT2D eigenvalue weighted by atomic mass is 32.2. The molecule has 0 bridgehead atoms. The van der Waals surface area contributed by atoms with E-state index < -0.39 is 15.3 Å². The van der Waals surface area contributed by atoms with Crippen LogP contribution in [-0.4, -0.2) is 51.0 Å². The van der Waals surface area contributed by atoms with E-state index in [0.717, 1.165) is 38.5 Å². The molecule has 2 N–H and O–H groups in total. The predicted molar refractivity (Wildman–Crippen MR) is 100.0 cm³/mol. The molecular weight excluding hydrogens is 336 g/mol. The summed E-state index contributed by atoms with van der Waals surface area (Å²) in [6.07, 6.45) is 1.66. The van der Waals surface area contributed by atoms with Crippen LogP contribution in [0.3, 0.4) is 0 Å². The lowest BCUT2D eigenvalue weighted by Gasteiger charge is -2.35. The number of piperazine rings is 1. The lowest BCUT2D eigenvalue weighted by molar-refractivity contribution is 0.270. The van der Waals surface area contributed by atoms with Crippen molar-refractivity contribution in [1.29, 1.82) is 0 Å². The van der Waals surface area contributed by atoms with Gasteiger partial charge in [-0.25, -0.2) is 18.5 Å². The highest BCUT2D eigenvalue weighted by Crippen LogP contribution is 2.30. The second kappa shape index (κ2) is 7.51. The maximum absolute atomic E-state index is 12.2. The fourth-order valence-corrected chi connectivity index (χ4v) is 4.33. The van der Waals surface area contributed by atoms with Crippen LogP contribution in [0.5, 0.6) is 0 Å². The first-order chi connectivity index (χ1) is 12.0. The van der Waals surface area contributed by atoms with E-state index in [2.05, 4.69) is 21.7 Å². The second-order valence-electron chi connectivity index (χ2n) is 6.25. The molecule has 6 nitrogen and oxygen atoms in total. The number of aromatic nitrogens is 1. The number of hydrogen-bond donors (Lipinski definition) is 1. The summed E-state index contributed by atoms with van der Waals surface area (Å²) in [4.78, 5) is 9.03. The van der Waals surface area contributed by atoms with Crippen molar-refractivity contribution in [2.24, 2.45) is 5.14 Å². The Hall–Kier alpha value is -1.96. The van der Waals surface area contributed by atoms with Crippen LogP contribution in [0.4, 0.5) is 5.82 Å². The number of nitrogens with two attached hydrogens (primary N) is 1. The molecule has 0 amide bonds. The smallest absolute Gasteiger partial charge is 0.220 e. The van der Waals surface area contributed by atoms with Crippen molar-refractivity contribution >= 4 is 15.8 Å². The van der Waals surface area contributed by atoms with Crippen molar-refractivity contribution in [3.05, 3.63) is 59.8 Å². The van der Waals surface area contributed by atoms with Crippen LogP contribution in [0.15, 0.2) is 48.7 Å². The number of primary sulfonamides is 1. The van der Waals surface area contributed by atoms with Crippen molar-refractivity contribution in [1.82, 2.24) is 9.88 Å². The number of anilines is 1. The van der Waals surface area contributed by atoms with E-state index in [0.29, 0.717) is 11.1 Å². The topological polar surface area (TPSA) is 79.5 Å². The number of rotatable bonds is 5. The summed E-state index contributed by atoms with van der Waals surface area (Å²) in [6.45, 7) is 6.94. The highest BCUT2D eigenvalue weighted by Gasteiger charge is 2.27. The summed E-state index contributed by atoms with van der Waals surface area (Å²) in [7, 11) is -3.79. The standard InChI is InChI=1S/C18H24N4O2S/c1-2-21-10-12-22(13-11-21)17-14-16(8-9-20-17)18(25(19,23)24)15-6-4-3-5-7-15/h3-9,14,18H,2,10-13H2,1H3,(H2,19,23,24). The fourth-order valence-electron chi connectivity index (χ4n) is 3.26. The molecule has 1 aliphatic heterocycles. The molecule has 1 aromatic carbocycles. The molecule has 1 aromatic heterocycles. The molecule has 25 heavy (non-hydrogen) atoms. The molecule has 1 unspecified atom stereocenters. The van der Waals surface area contributed by atoms with Crippen molar-refractivity contribution in [3.8, 4) is 0 Å². The third kappa shape index (κ3) is 4.18. The van der Waals surface area contributed by atoms with Gasteiger partial charge >= 0.3 is 0 Å². The Balaban J connectivity index is 1.91. The number of benzene rings is 1. The van der Waals surface area contributed by atoms with Gasteiger partial charge in [0.25, 0.3) is 0 Å². The summed E-state index contributed by atoms with van der Waals surface area (Å²) in [5.74, 6) is 0.804. The van der Waals surface area contributed by atoms with Gasteiger partial charge < -0.3 is 9.80 Å². The van der Waals surface area contributed by atoms with Crippen molar-refractivity contribution < 1.29 is 8.42 Å². The average molecular weight is 360 g/mol. The van der Waals surface area contributed by atoms with Gasteiger partial charge in [-0.2, -0.15) is 0 Å². The van der Waals surface area contributed by atoms with E-state index in [9.17, 15) is 8.42 Å². The van der Waals surface area contributed by atoms with Crippen LogP contribution < -0.4 is 10.0 Å². The van der Waals surface area contributed by atoms with E-state index in [4.69, 9.17) is 5.14 Å². The summed E-state index contributed by atoms with van der Waals surface area (Å²) < 4.78 is 24.5. The molecule has 2 aromatic rings.